The van der Waals surface area contributed by atoms with E-state index in [9.17, 15) is 19.2 Å². The second kappa shape index (κ2) is 10.5. The number of para-hydroxylation sites is 1. The van der Waals surface area contributed by atoms with Gasteiger partial charge >= 0.3 is 0 Å². The molecule has 2 aliphatic rings. The van der Waals surface area contributed by atoms with Gasteiger partial charge in [0, 0.05) is 55.6 Å². The number of carbonyl (C=O) groups excluding carboxylic acids is 2. The van der Waals surface area contributed by atoms with Crippen LogP contribution in [0.15, 0.2) is 60.8 Å². The number of anilines is 2. The van der Waals surface area contributed by atoms with E-state index in [0.29, 0.717) is 17.6 Å². The van der Waals surface area contributed by atoms with Crippen molar-refractivity contribution in [3.8, 4) is 6.07 Å². The minimum absolute atomic E-state index is 0.00387. The predicted molar refractivity (Wildman–Crippen MR) is 140 cm³/mol. The van der Waals surface area contributed by atoms with Gasteiger partial charge in [-0.25, -0.2) is 4.39 Å². The zero-order valence-corrected chi connectivity index (χ0v) is 20.7. The van der Waals surface area contributed by atoms with E-state index >= 15 is 0 Å². The molecule has 2 aromatic carbocycles. The molecule has 1 aromatic heterocycles. The van der Waals surface area contributed by atoms with Crippen LogP contribution in [0.3, 0.4) is 0 Å². The highest BCUT2D eigenvalue weighted by Gasteiger charge is 2.36. The monoisotopic (exact) mass is 500 g/mol. The Morgan fingerprint density at radius 1 is 1.16 bits per heavy atom. The van der Waals surface area contributed by atoms with Gasteiger partial charge in [-0.1, -0.05) is 18.2 Å². The third-order valence-electron chi connectivity index (χ3n) is 7.16. The van der Waals surface area contributed by atoms with E-state index in [1.165, 1.54) is 4.90 Å². The molecule has 0 unspecified atom stereocenters. The number of benzene rings is 2. The first-order valence-corrected chi connectivity index (χ1v) is 12.5. The molecule has 3 aromatic rings. The third-order valence-corrected chi connectivity index (χ3v) is 7.16. The summed E-state index contributed by atoms with van der Waals surface area (Å²) < 4.78 is 13.7. The molecule has 3 atom stereocenters. The Hall–Kier alpha value is -4.03. The van der Waals surface area contributed by atoms with Crippen molar-refractivity contribution in [2.75, 3.05) is 43.4 Å². The Labute approximate surface area is 215 Å². The fourth-order valence-corrected chi connectivity index (χ4v) is 5.20. The Bertz CT molecular complexity index is 1340. The van der Waals surface area contributed by atoms with Gasteiger partial charge in [0.25, 0.3) is 5.91 Å². The largest absolute Gasteiger partial charge is 0.380 e. The van der Waals surface area contributed by atoms with Crippen molar-refractivity contribution in [1.29, 1.82) is 5.26 Å². The Morgan fingerprint density at radius 3 is 2.76 bits per heavy atom. The minimum atomic E-state index is -1.13. The second-order valence-electron chi connectivity index (χ2n) is 9.65. The van der Waals surface area contributed by atoms with Gasteiger partial charge in [0.2, 0.25) is 5.91 Å². The number of pyridine rings is 1. The van der Waals surface area contributed by atoms with Gasteiger partial charge in [-0.15, -0.1) is 0 Å². The van der Waals surface area contributed by atoms with Crippen molar-refractivity contribution in [2.45, 2.75) is 31.1 Å². The van der Waals surface area contributed by atoms with Crippen LogP contribution in [0, 0.1) is 11.3 Å². The summed E-state index contributed by atoms with van der Waals surface area (Å²) in [6.07, 6.45) is 1.47. The molecular formula is C28H29FN6O2. The van der Waals surface area contributed by atoms with E-state index in [1.807, 2.05) is 59.5 Å². The molecule has 0 bridgehead atoms. The van der Waals surface area contributed by atoms with Crippen molar-refractivity contribution < 1.29 is 14.0 Å². The van der Waals surface area contributed by atoms with Gasteiger partial charge < -0.3 is 15.1 Å². The van der Waals surface area contributed by atoms with Crippen LogP contribution in [0.2, 0.25) is 0 Å². The van der Waals surface area contributed by atoms with Gasteiger partial charge in [-0.3, -0.25) is 19.5 Å². The Balaban J connectivity index is 1.28. The average Bonchev–Trinajstić information content (AvgIpc) is 3.54. The van der Waals surface area contributed by atoms with Crippen LogP contribution >= 0.6 is 0 Å². The number of nitriles is 1. The fourth-order valence-electron chi connectivity index (χ4n) is 5.20. The summed E-state index contributed by atoms with van der Waals surface area (Å²) in [6, 6.07) is 18.4. The molecule has 0 aliphatic carbocycles. The highest BCUT2D eigenvalue weighted by atomic mass is 19.1. The third kappa shape index (κ3) is 5.11. The van der Waals surface area contributed by atoms with Crippen LogP contribution < -0.4 is 10.2 Å². The fraction of sp³-hybridized carbons (Fsp3) is 0.357. The highest BCUT2D eigenvalue weighted by Crippen LogP contribution is 2.29. The van der Waals surface area contributed by atoms with Crippen molar-refractivity contribution in [2.24, 2.45) is 0 Å². The number of hydrogen-bond acceptors (Lipinski definition) is 6. The topological polar surface area (TPSA) is 92.6 Å². The maximum atomic E-state index is 13.7. The summed E-state index contributed by atoms with van der Waals surface area (Å²) in [6.45, 7) is 1.54. The first-order chi connectivity index (χ1) is 17.9. The van der Waals surface area contributed by atoms with Crippen molar-refractivity contribution in [3.05, 3.63) is 66.4 Å². The van der Waals surface area contributed by atoms with Crippen LogP contribution in [0.25, 0.3) is 10.9 Å². The molecule has 9 heteroatoms. The molecule has 2 saturated heterocycles. The van der Waals surface area contributed by atoms with Crippen LogP contribution in [-0.4, -0.2) is 78.1 Å². The van der Waals surface area contributed by atoms with E-state index in [-0.39, 0.29) is 37.4 Å². The molecule has 37 heavy (non-hydrogen) atoms. The maximum Gasteiger partial charge on any atom is 0.260 e. The van der Waals surface area contributed by atoms with Gasteiger partial charge in [0.05, 0.1) is 30.2 Å². The number of halogens is 1. The quantitative estimate of drug-likeness (QED) is 0.557. The molecule has 0 radical (unpaired) electrons. The number of likely N-dealkylation sites (tertiary alicyclic amines) is 2. The summed E-state index contributed by atoms with van der Waals surface area (Å²) in [5, 5.41) is 13.7. The Morgan fingerprint density at radius 2 is 1.97 bits per heavy atom. The first kappa shape index (κ1) is 24.7. The summed E-state index contributed by atoms with van der Waals surface area (Å²) >= 11 is 0. The summed E-state index contributed by atoms with van der Waals surface area (Å²) in [5.41, 5.74) is 2.83. The molecule has 2 fully saturated rings. The molecule has 1 N–H and O–H groups in total. The number of amides is 2. The van der Waals surface area contributed by atoms with Gasteiger partial charge in [-0.2, -0.15) is 5.26 Å². The maximum absolute atomic E-state index is 13.7. The zero-order chi connectivity index (χ0) is 25.9. The summed E-state index contributed by atoms with van der Waals surface area (Å²) in [7, 11) is 1.75. The summed E-state index contributed by atoms with van der Waals surface area (Å²) in [4.78, 5) is 35.6. The number of nitrogens with zero attached hydrogens (tertiary/aromatic N) is 5. The van der Waals surface area contributed by atoms with Crippen LogP contribution in [-0.2, 0) is 4.79 Å². The Kier molecular flexibility index (Phi) is 7.01. The minimum Gasteiger partial charge on any atom is -0.380 e. The number of nitrogens with one attached hydrogen (secondary N) is 1. The van der Waals surface area contributed by atoms with Crippen molar-refractivity contribution >= 4 is 34.1 Å². The molecule has 3 heterocycles. The second-order valence-corrected chi connectivity index (χ2v) is 9.65. The van der Waals surface area contributed by atoms with E-state index in [1.54, 1.807) is 24.2 Å². The molecule has 8 nitrogen and oxygen atoms in total. The van der Waals surface area contributed by atoms with Gasteiger partial charge in [0.15, 0.2) is 0 Å². The number of alkyl halides is 1. The molecule has 0 spiro atoms. The molecule has 5 rings (SSSR count). The number of hydrogen-bond donors (Lipinski definition) is 1. The van der Waals surface area contributed by atoms with E-state index in [4.69, 9.17) is 0 Å². The number of fused-ring (bicyclic) bond motifs is 1. The molecule has 2 amide bonds. The highest BCUT2D eigenvalue weighted by molar-refractivity contribution is 6.14. The number of rotatable bonds is 6. The standard InChI is InChI=1S/C28H29FN6O2/c1-33(21-6-3-2-4-7-21)28(37)24-9-10-25(23-8-5-12-31-27(23)24)32-20-11-13-34(17-20)18-26(36)35-16-19(29)14-22(35)15-30/h2-10,12,19-20,22,32H,11,13-14,16-18H2,1H3/t19-,20-,22-/m0/s1. The first-order valence-electron chi connectivity index (χ1n) is 12.5. The van der Waals surface area contributed by atoms with Crippen molar-refractivity contribution in [3.63, 3.8) is 0 Å². The molecular weight excluding hydrogens is 471 g/mol. The van der Waals surface area contributed by atoms with Crippen LogP contribution in [0.4, 0.5) is 15.8 Å². The molecule has 2 aliphatic heterocycles. The van der Waals surface area contributed by atoms with E-state index in [0.717, 1.165) is 29.7 Å². The lowest BCUT2D eigenvalue weighted by Gasteiger charge is -2.23. The van der Waals surface area contributed by atoms with E-state index < -0.39 is 12.2 Å². The van der Waals surface area contributed by atoms with Crippen molar-refractivity contribution in [1.82, 2.24) is 14.8 Å². The lowest BCUT2D eigenvalue weighted by molar-refractivity contribution is -0.132. The molecule has 190 valence electrons. The van der Waals surface area contributed by atoms with Crippen LogP contribution in [0.5, 0.6) is 0 Å². The normalized spacial score (nSPS) is 21.6. The zero-order valence-electron chi connectivity index (χ0n) is 20.7. The molecule has 0 saturated carbocycles. The lowest BCUT2D eigenvalue weighted by Crippen LogP contribution is -2.42. The SMILES string of the molecule is CN(C(=O)c1ccc(N[C@H]2CCN(CC(=O)N3C[C@@H](F)C[C@H]3C#N)C2)c2cccnc12)c1ccccc1. The van der Waals surface area contributed by atoms with Gasteiger partial charge in [0.1, 0.15) is 12.2 Å². The smallest absolute Gasteiger partial charge is 0.260 e. The average molecular weight is 501 g/mol. The van der Waals surface area contributed by atoms with E-state index in [2.05, 4.69) is 10.3 Å². The van der Waals surface area contributed by atoms with Crippen LogP contribution in [0.1, 0.15) is 23.2 Å². The predicted octanol–water partition coefficient (Wildman–Crippen LogP) is 3.46. The number of carbonyl (C=O) groups is 2. The summed E-state index contributed by atoms with van der Waals surface area (Å²) in [5.74, 6) is -0.340. The lowest BCUT2D eigenvalue weighted by atomic mass is 10.1. The number of aromatic nitrogens is 1. The van der Waals surface area contributed by atoms with Gasteiger partial charge in [-0.05, 0) is 42.8 Å².